The highest BCUT2D eigenvalue weighted by Gasteiger charge is 2.29. The maximum absolute atomic E-state index is 11.6. The minimum atomic E-state index is -1.41. The summed E-state index contributed by atoms with van der Waals surface area (Å²) >= 11 is 7.05. The smallest absolute Gasteiger partial charge is 0.244 e. The second-order valence-corrected chi connectivity index (χ2v) is 5.47. The van der Waals surface area contributed by atoms with Gasteiger partial charge in [-0.2, -0.15) is 0 Å². The zero-order valence-corrected chi connectivity index (χ0v) is 11.0. The summed E-state index contributed by atoms with van der Waals surface area (Å²) in [5.41, 5.74) is -1.41. The summed E-state index contributed by atoms with van der Waals surface area (Å²) in [6.45, 7) is -1.65. The van der Waals surface area contributed by atoms with E-state index >= 15 is 0 Å². The highest BCUT2D eigenvalue weighted by atomic mass is 35.5. The van der Waals surface area contributed by atoms with Crippen LogP contribution in [0.25, 0.3) is 6.08 Å². The Morgan fingerprint density at radius 1 is 1.33 bits per heavy atom. The fourth-order valence-corrected chi connectivity index (χ4v) is 2.11. The summed E-state index contributed by atoms with van der Waals surface area (Å²) in [7, 11) is 0. The predicted octanol–water partition coefficient (Wildman–Crippen LogP) is 0.247. The molecule has 0 unspecified atom stereocenters. The van der Waals surface area contributed by atoms with Crippen LogP contribution in [0.4, 0.5) is 0 Å². The molecule has 0 saturated heterocycles. The second kappa shape index (κ2) is 6.86. The van der Waals surface area contributed by atoms with Crippen LogP contribution in [0.1, 0.15) is 4.88 Å². The van der Waals surface area contributed by atoms with Crippen molar-refractivity contribution < 1.29 is 20.1 Å². The van der Waals surface area contributed by atoms with Gasteiger partial charge in [0, 0.05) is 11.0 Å². The number of carbonyl (C=O) groups is 1. The molecule has 1 heterocycles. The summed E-state index contributed by atoms with van der Waals surface area (Å²) in [5, 5.41) is 29.5. The molecule has 4 N–H and O–H groups in total. The number of nitrogens with one attached hydrogen (secondary N) is 1. The Labute approximate surface area is 113 Å². The highest BCUT2D eigenvalue weighted by molar-refractivity contribution is 7.17. The van der Waals surface area contributed by atoms with Crippen molar-refractivity contribution >= 4 is 34.9 Å². The molecule has 100 valence electrons. The number of hydrogen-bond donors (Lipinski definition) is 4. The maximum Gasteiger partial charge on any atom is 0.244 e. The molecule has 7 heteroatoms. The lowest BCUT2D eigenvalue weighted by Crippen LogP contribution is -2.56. The van der Waals surface area contributed by atoms with Crippen molar-refractivity contribution in [2.45, 2.75) is 5.54 Å². The van der Waals surface area contributed by atoms with Crippen LogP contribution >= 0.6 is 22.9 Å². The van der Waals surface area contributed by atoms with Gasteiger partial charge in [0.1, 0.15) is 5.54 Å². The summed E-state index contributed by atoms with van der Waals surface area (Å²) in [4.78, 5) is 12.4. The minimum absolute atomic E-state index is 0.517. The topological polar surface area (TPSA) is 89.8 Å². The first-order valence-corrected chi connectivity index (χ1v) is 6.33. The van der Waals surface area contributed by atoms with Gasteiger partial charge in [-0.3, -0.25) is 4.79 Å². The van der Waals surface area contributed by atoms with Crippen LogP contribution in [0, 0.1) is 0 Å². The molecule has 0 aromatic carbocycles. The molecule has 1 aromatic heterocycles. The Morgan fingerprint density at radius 3 is 2.39 bits per heavy atom. The van der Waals surface area contributed by atoms with Gasteiger partial charge in [0.2, 0.25) is 5.91 Å². The molecule has 0 spiro atoms. The third-order valence-electron chi connectivity index (χ3n) is 2.29. The van der Waals surface area contributed by atoms with Gasteiger partial charge >= 0.3 is 0 Å². The number of aliphatic hydroxyl groups excluding tert-OH is 3. The average molecular weight is 292 g/mol. The van der Waals surface area contributed by atoms with E-state index in [4.69, 9.17) is 26.9 Å². The summed E-state index contributed by atoms with van der Waals surface area (Å²) in [5.74, 6) is -0.517. The quantitative estimate of drug-likeness (QED) is 0.566. The Kier molecular flexibility index (Phi) is 5.77. The van der Waals surface area contributed by atoms with Gasteiger partial charge in [-0.05, 0) is 18.2 Å². The molecule has 0 fully saturated rings. The Bertz CT molecular complexity index is 420. The van der Waals surface area contributed by atoms with Crippen LogP contribution in [-0.2, 0) is 4.79 Å². The summed E-state index contributed by atoms with van der Waals surface area (Å²) in [6, 6.07) is 3.47. The summed E-state index contributed by atoms with van der Waals surface area (Å²) in [6.07, 6.45) is 2.81. The van der Waals surface area contributed by atoms with E-state index in [2.05, 4.69) is 5.32 Å². The van der Waals surface area contributed by atoms with Gasteiger partial charge in [0.15, 0.2) is 0 Å². The normalized spacial score (nSPS) is 12.0. The van der Waals surface area contributed by atoms with Crippen molar-refractivity contribution in [2.75, 3.05) is 19.8 Å². The lowest BCUT2D eigenvalue weighted by atomic mass is 10.0. The zero-order valence-electron chi connectivity index (χ0n) is 9.47. The first kappa shape index (κ1) is 15.1. The van der Waals surface area contributed by atoms with Crippen LogP contribution in [0.3, 0.4) is 0 Å². The van der Waals surface area contributed by atoms with Crippen LogP contribution in [0.5, 0.6) is 0 Å². The van der Waals surface area contributed by atoms with Crippen molar-refractivity contribution in [3.63, 3.8) is 0 Å². The number of amides is 1. The fourth-order valence-electron chi connectivity index (χ4n) is 1.15. The molecular weight excluding hydrogens is 278 g/mol. The van der Waals surface area contributed by atoms with E-state index in [9.17, 15) is 4.79 Å². The molecule has 0 atom stereocenters. The van der Waals surface area contributed by atoms with E-state index in [1.54, 1.807) is 18.2 Å². The molecule has 0 radical (unpaired) electrons. The van der Waals surface area contributed by atoms with E-state index in [1.165, 1.54) is 17.4 Å². The number of hydrogen-bond acceptors (Lipinski definition) is 5. The number of aliphatic hydroxyl groups is 3. The van der Waals surface area contributed by atoms with Crippen LogP contribution in [-0.4, -0.2) is 46.6 Å². The number of thiophene rings is 1. The Balaban J connectivity index is 2.63. The number of halogens is 1. The van der Waals surface area contributed by atoms with Crippen molar-refractivity contribution in [3.05, 3.63) is 27.4 Å². The van der Waals surface area contributed by atoms with E-state index in [0.717, 1.165) is 4.88 Å². The SMILES string of the molecule is O=C(/C=C/c1ccc(Cl)s1)NC(CO)(CO)CO. The first-order chi connectivity index (χ1) is 8.55. The van der Waals surface area contributed by atoms with E-state index in [1.807, 2.05) is 0 Å². The van der Waals surface area contributed by atoms with Gasteiger partial charge < -0.3 is 20.6 Å². The first-order valence-electron chi connectivity index (χ1n) is 5.13. The molecular formula is C11H14ClNO4S. The lowest BCUT2D eigenvalue weighted by Gasteiger charge is -2.27. The van der Waals surface area contributed by atoms with Crippen molar-refractivity contribution in [2.24, 2.45) is 0 Å². The largest absolute Gasteiger partial charge is 0.394 e. The minimum Gasteiger partial charge on any atom is -0.394 e. The molecule has 1 aromatic rings. The van der Waals surface area contributed by atoms with E-state index < -0.39 is 31.3 Å². The molecule has 18 heavy (non-hydrogen) atoms. The van der Waals surface area contributed by atoms with E-state index in [0.29, 0.717) is 4.34 Å². The lowest BCUT2D eigenvalue weighted by molar-refractivity contribution is -0.120. The molecule has 5 nitrogen and oxygen atoms in total. The molecule has 0 saturated carbocycles. The van der Waals surface area contributed by atoms with Gasteiger partial charge in [-0.25, -0.2) is 0 Å². The van der Waals surface area contributed by atoms with Crippen molar-refractivity contribution in [3.8, 4) is 0 Å². The standard InChI is InChI=1S/C11H14ClNO4S/c12-9-3-1-8(18-9)2-4-10(17)13-11(5-14,6-15)7-16/h1-4,14-16H,5-7H2,(H,13,17)/b4-2+. The average Bonchev–Trinajstić information content (AvgIpc) is 2.80. The molecule has 0 aliphatic carbocycles. The number of carbonyl (C=O) groups excluding carboxylic acids is 1. The zero-order chi connectivity index (χ0) is 13.6. The van der Waals surface area contributed by atoms with Gasteiger partial charge in [-0.1, -0.05) is 11.6 Å². The second-order valence-electron chi connectivity index (χ2n) is 3.72. The molecule has 1 rings (SSSR count). The van der Waals surface area contributed by atoms with Gasteiger partial charge in [0.25, 0.3) is 0 Å². The van der Waals surface area contributed by atoms with Crippen LogP contribution in [0.15, 0.2) is 18.2 Å². The van der Waals surface area contributed by atoms with E-state index in [-0.39, 0.29) is 0 Å². The van der Waals surface area contributed by atoms with Crippen LogP contribution < -0.4 is 5.32 Å². The predicted molar refractivity (Wildman–Crippen MR) is 70.5 cm³/mol. The molecule has 0 bridgehead atoms. The Morgan fingerprint density at radius 2 is 1.94 bits per heavy atom. The Hall–Kier alpha value is -0.920. The monoisotopic (exact) mass is 291 g/mol. The molecule has 0 aliphatic rings. The number of rotatable bonds is 6. The summed E-state index contributed by atoms with van der Waals surface area (Å²) < 4.78 is 0.616. The van der Waals surface area contributed by atoms with Crippen LogP contribution in [0.2, 0.25) is 4.34 Å². The van der Waals surface area contributed by atoms with Gasteiger partial charge in [-0.15, -0.1) is 11.3 Å². The van der Waals surface area contributed by atoms with Gasteiger partial charge in [0.05, 0.1) is 24.2 Å². The maximum atomic E-state index is 11.6. The third kappa shape index (κ3) is 4.08. The fraction of sp³-hybridized carbons (Fsp3) is 0.364. The van der Waals surface area contributed by atoms with Crippen molar-refractivity contribution in [1.82, 2.24) is 5.32 Å². The van der Waals surface area contributed by atoms with Crippen molar-refractivity contribution in [1.29, 1.82) is 0 Å². The third-order valence-corrected chi connectivity index (χ3v) is 3.49. The highest BCUT2D eigenvalue weighted by Crippen LogP contribution is 2.22. The molecule has 1 amide bonds. The molecule has 0 aliphatic heterocycles.